The van der Waals surface area contributed by atoms with Gasteiger partial charge in [-0.3, -0.25) is 4.79 Å². The number of carboxylic acids is 1. The summed E-state index contributed by atoms with van der Waals surface area (Å²) in [5.41, 5.74) is 0. The molecule has 2 unspecified atom stereocenters. The Hall–Kier alpha value is -1.26. The molecule has 0 aromatic heterocycles. The minimum absolute atomic E-state index is 0.0517. The maximum absolute atomic E-state index is 12.0. The van der Waals surface area contributed by atoms with Crippen LogP contribution in [0.3, 0.4) is 0 Å². The summed E-state index contributed by atoms with van der Waals surface area (Å²) < 4.78 is 0. The summed E-state index contributed by atoms with van der Waals surface area (Å²) >= 11 is 0. The van der Waals surface area contributed by atoms with E-state index in [-0.39, 0.29) is 24.4 Å². The summed E-state index contributed by atoms with van der Waals surface area (Å²) in [7, 11) is 0. The smallest absolute Gasteiger partial charge is 0.317 e. The van der Waals surface area contributed by atoms with Crippen LogP contribution >= 0.6 is 0 Å². The van der Waals surface area contributed by atoms with Crippen molar-refractivity contribution in [1.82, 2.24) is 10.2 Å². The number of nitrogens with one attached hydrogen (secondary N) is 1. The van der Waals surface area contributed by atoms with Gasteiger partial charge >= 0.3 is 12.0 Å². The Morgan fingerprint density at radius 3 is 2.58 bits per heavy atom. The Morgan fingerprint density at radius 2 is 2.00 bits per heavy atom. The van der Waals surface area contributed by atoms with Crippen molar-refractivity contribution in [1.29, 1.82) is 0 Å². The van der Waals surface area contributed by atoms with E-state index in [1.54, 1.807) is 4.90 Å². The molecule has 0 aliphatic carbocycles. The molecule has 1 saturated heterocycles. The number of aliphatic carboxylic acids is 1. The van der Waals surface area contributed by atoms with Crippen LogP contribution in [0.15, 0.2) is 0 Å². The van der Waals surface area contributed by atoms with Crippen molar-refractivity contribution >= 4 is 12.0 Å². The number of nitrogens with zero attached hydrogens (tertiary/aromatic N) is 1. The second kappa shape index (κ2) is 7.36. The van der Waals surface area contributed by atoms with E-state index < -0.39 is 5.97 Å². The van der Waals surface area contributed by atoms with Crippen LogP contribution in [-0.4, -0.2) is 41.1 Å². The molecule has 0 aromatic carbocycles. The number of carbonyl (C=O) groups is 2. The molecule has 2 N–H and O–H groups in total. The monoisotopic (exact) mass is 270 g/mol. The molecule has 2 amide bonds. The molecule has 5 nitrogen and oxygen atoms in total. The van der Waals surface area contributed by atoms with Crippen molar-refractivity contribution in [2.24, 2.45) is 11.8 Å². The highest BCUT2D eigenvalue weighted by Gasteiger charge is 2.28. The number of amides is 2. The molecular weight excluding hydrogens is 244 g/mol. The summed E-state index contributed by atoms with van der Waals surface area (Å²) in [6, 6.07) is 0.123. The SMILES string of the molecule is CC(C)CCC(C)NC(=O)N1CCC(CC(=O)O)C1. The summed E-state index contributed by atoms with van der Waals surface area (Å²) in [5.74, 6) is -0.0298. The lowest BCUT2D eigenvalue weighted by Crippen LogP contribution is -2.42. The van der Waals surface area contributed by atoms with Crippen molar-refractivity contribution in [2.45, 2.75) is 52.5 Å². The zero-order valence-electron chi connectivity index (χ0n) is 12.2. The fourth-order valence-corrected chi connectivity index (χ4v) is 2.39. The Labute approximate surface area is 115 Å². The molecular formula is C14H26N2O3. The van der Waals surface area contributed by atoms with Crippen LogP contribution in [0.4, 0.5) is 4.79 Å². The van der Waals surface area contributed by atoms with E-state index >= 15 is 0 Å². The minimum Gasteiger partial charge on any atom is -0.481 e. The summed E-state index contributed by atoms with van der Waals surface area (Å²) in [5, 5.41) is 11.7. The molecule has 2 atom stereocenters. The Bertz CT molecular complexity index is 318. The molecule has 1 aliphatic heterocycles. The van der Waals surface area contributed by atoms with Crippen LogP contribution < -0.4 is 5.32 Å². The molecule has 0 saturated carbocycles. The van der Waals surface area contributed by atoms with E-state index in [4.69, 9.17) is 5.11 Å². The van der Waals surface area contributed by atoms with Gasteiger partial charge in [-0.2, -0.15) is 0 Å². The predicted molar refractivity (Wildman–Crippen MR) is 74.0 cm³/mol. The third kappa shape index (κ3) is 5.94. The number of hydrogen-bond donors (Lipinski definition) is 2. The lowest BCUT2D eigenvalue weighted by molar-refractivity contribution is -0.138. The van der Waals surface area contributed by atoms with Gasteiger partial charge in [0.05, 0.1) is 0 Å². The van der Waals surface area contributed by atoms with Gasteiger partial charge in [0.1, 0.15) is 0 Å². The van der Waals surface area contributed by atoms with Crippen molar-refractivity contribution in [3.63, 3.8) is 0 Å². The lowest BCUT2D eigenvalue weighted by atomic mass is 10.0. The standard InChI is InChI=1S/C14H26N2O3/c1-10(2)4-5-11(3)15-14(19)16-7-6-12(9-16)8-13(17)18/h10-12H,4-9H2,1-3H3,(H,15,19)(H,17,18). The van der Waals surface area contributed by atoms with Crippen LogP contribution in [0.1, 0.15) is 46.5 Å². The summed E-state index contributed by atoms with van der Waals surface area (Å²) in [6.45, 7) is 7.60. The highest BCUT2D eigenvalue weighted by atomic mass is 16.4. The van der Waals surface area contributed by atoms with Gasteiger partial charge in [0.25, 0.3) is 0 Å². The zero-order valence-corrected chi connectivity index (χ0v) is 12.2. The highest BCUT2D eigenvalue weighted by molar-refractivity contribution is 5.75. The Kier molecular flexibility index (Phi) is 6.12. The molecule has 0 aromatic rings. The van der Waals surface area contributed by atoms with Crippen molar-refractivity contribution in [3.05, 3.63) is 0 Å². The minimum atomic E-state index is -0.780. The fourth-order valence-electron chi connectivity index (χ4n) is 2.39. The van der Waals surface area contributed by atoms with Crippen molar-refractivity contribution in [3.8, 4) is 0 Å². The molecule has 19 heavy (non-hydrogen) atoms. The van der Waals surface area contributed by atoms with Crippen LogP contribution in [0.2, 0.25) is 0 Å². The lowest BCUT2D eigenvalue weighted by Gasteiger charge is -2.21. The molecule has 1 aliphatic rings. The molecule has 0 spiro atoms. The number of hydrogen-bond acceptors (Lipinski definition) is 2. The second-order valence-corrected chi connectivity index (χ2v) is 6.02. The maximum Gasteiger partial charge on any atom is 0.317 e. The second-order valence-electron chi connectivity index (χ2n) is 6.02. The maximum atomic E-state index is 12.0. The predicted octanol–water partition coefficient (Wildman–Crippen LogP) is 2.32. The van der Waals surface area contributed by atoms with Crippen LogP contribution in [0.25, 0.3) is 0 Å². The number of carboxylic acid groups (broad SMARTS) is 1. The van der Waals surface area contributed by atoms with Crippen LogP contribution in [0.5, 0.6) is 0 Å². The van der Waals surface area contributed by atoms with Gasteiger partial charge in [-0.1, -0.05) is 13.8 Å². The van der Waals surface area contributed by atoms with E-state index in [1.165, 1.54) is 0 Å². The molecule has 0 bridgehead atoms. The number of likely N-dealkylation sites (tertiary alicyclic amines) is 1. The first-order valence-electron chi connectivity index (χ1n) is 7.15. The first-order valence-corrected chi connectivity index (χ1v) is 7.15. The van der Waals surface area contributed by atoms with E-state index in [2.05, 4.69) is 19.2 Å². The largest absolute Gasteiger partial charge is 0.481 e. The van der Waals surface area contributed by atoms with Gasteiger partial charge in [-0.15, -0.1) is 0 Å². The third-order valence-corrected chi connectivity index (χ3v) is 3.58. The van der Waals surface area contributed by atoms with Gasteiger partial charge in [0.15, 0.2) is 0 Å². The highest BCUT2D eigenvalue weighted by Crippen LogP contribution is 2.19. The average molecular weight is 270 g/mol. The van der Waals surface area contributed by atoms with Gasteiger partial charge in [0, 0.05) is 25.6 Å². The molecule has 1 heterocycles. The molecule has 0 radical (unpaired) electrons. The quantitative estimate of drug-likeness (QED) is 0.778. The normalized spacial score (nSPS) is 20.6. The van der Waals surface area contributed by atoms with Crippen LogP contribution in [-0.2, 0) is 4.79 Å². The van der Waals surface area contributed by atoms with E-state index in [0.29, 0.717) is 19.0 Å². The van der Waals surface area contributed by atoms with E-state index in [0.717, 1.165) is 19.3 Å². The Morgan fingerprint density at radius 1 is 1.32 bits per heavy atom. The summed E-state index contributed by atoms with van der Waals surface area (Å²) in [4.78, 5) is 24.4. The molecule has 1 fully saturated rings. The first-order chi connectivity index (χ1) is 8.88. The van der Waals surface area contributed by atoms with Gasteiger partial charge in [-0.25, -0.2) is 4.79 Å². The van der Waals surface area contributed by atoms with Crippen molar-refractivity contribution < 1.29 is 14.7 Å². The van der Waals surface area contributed by atoms with E-state index in [9.17, 15) is 9.59 Å². The molecule has 1 rings (SSSR count). The van der Waals surface area contributed by atoms with Gasteiger partial charge < -0.3 is 15.3 Å². The topological polar surface area (TPSA) is 69.6 Å². The Balaban J connectivity index is 2.28. The zero-order chi connectivity index (χ0) is 14.4. The summed E-state index contributed by atoms with van der Waals surface area (Å²) in [6.07, 6.45) is 3.03. The number of urea groups is 1. The van der Waals surface area contributed by atoms with Gasteiger partial charge in [0.2, 0.25) is 0 Å². The van der Waals surface area contributed by atoms with E-state index in [1.807, 2.05) is 6.92 Å². The fraction of sp³-hybridized carbons (Fsp3) is 0.857. The van der Waals surface area contributed by atoms with Gasteiger partial charge in [-0.05, 0) is 38.0 Å². The third-order valence-electron chi connectivity index (χ3n) is 3.58. The molecule has 110 valence electrons. The average Bonchev–Trinajstić information content (AvgIpc) is 2.74. The number of rotatable bonds is 6. The first kappa shape index (κ1) is 15.8. The molecule has 5 heteroatoms. The van der Waals surface area contributed by atoms with Crippen LogP contribution in [0, 0.1) is 11.8 Å². The number of carbonyl (C=O) groups excluding carboxylic acids is 1. The van der Waals surface area contributed by atoms with Crippen molar-refractivity contribution in [2.75, 3.05) is 13.1 Å².